The van der Waals surface area contributed by atoms with Gasteiger partial charge in [-0.25, -0.2) is 9.67 Å². The highest BCUT2D eigenvalue weighted by molar-refractivity contribution is 6.30. The van der Waals surface area contributed by atoms with Crippen LogP contribution < -0.4 is 5.32 Å². The molecule has 124 valence electrons. The van der Waals surface area contributed by atoms with Crippen LogP contribution in [0.4, 0.5) is 0 Å². The van der Waals surface area contributed by atoms with Gasteiger partial charge in [-0.1, -0.05) is 11.6 Å². The second-order valence-electron chi connectivity index (χ2n) is 6.79. The lowest BCUT2D eigenvalue weighted by Gasteiger charge is -2.24. The van der Waals surface area contributed by atoms with E-state index in [-0.39, 0.29) is 0 Å². The number of halogens is 1. The molecule has 1 aliphatic heterocycles. The zero-order chi connectivity index (χ0) is 16.4. The van der Waals surface area contributed by atoms with Gasteiger partial charge in [0.25, 0.3) is 0 Å². The Morgan fingerprint density at radius 3 is 2.52 bits per heavy atom. The highest BCUT2D eigenvalue weighted by atomic mass is 35.5. The summed E-state index contributed by atoms with van der Waals surface area (Å²) in [5.74, 6) is 2.05. The predicted octanol–water partition coefficient (Wildman–Crippen LogP) is 2.84. The molecule has 0 radical (unpaired) electrons. The van der Waals surface area contributed by atoms with Gasteiger partial charge in [-0.3, -0.25) is 0 Å². The Morgan fingerprint density at radius 2 is 1.91 bits per heavy atom. The summed E-state index contributed by atoms with van der Waals surface area (Å²) in [6.07, 6.45) is 2.09. The number of nitrogens with one attached hydrogen (secondary N) is 1. The normalized spacial score (nSPS) is 16.7. The van der Waals surface area contributed by atoms with Crippen LogP contribution >= 0.6 is 11.6 Å². The van der Waals surface area contributed by atoms with Gasteiger partial charge in [0.15, 0.2) is 5.82 Å². The van der Waals surface area contributed by atoms with Gasteiger partial charge >= 0.3 is 0 Å². The minimum Gasteiger partial charge on any atom is -0.389 e. The zero-order valence-electron chi connectivity index (χ0n) is 13.6. The van der Waals surface area contributed by atoms with Gasteiger partial charge < -0.3 is 10.4 Å². The molecular weight excluding hydrogens is 312 g/mol. The SMILES string of the molecule is CC(C)(O)Cn1nc(-c2ccc(Cl)cc2)nc1C1CCNCC1. The summed E-state index contributed by atoms with van der Waals surface area (Å²) in [5, 5.41) is 18.9. The van der Waals surface area contributed by atoms with E-state index in [1.165, 1.54) is 0 Å². The maximum atomic E-state index is 10.2. The quantitative estimate of drug-likeness (QED) is 0.902. The molecule has 1 aromatic carbocycles. The number of hydrogen-bond acceptors (Lipinski definition) is 4. The fraction of sp³-hybridized carbons (Fsp3) is 0.529. The van der Waals surface area contributed by atoms with Crippen LogP contribution in [0.3, 0.4) is 0 Å². The Balaban J connectivity index is 1.96. The van der Waals surface area contributed by atoms with Crippen LogP contribution in [0.25, 0.3) is 11.4 Å². The third kappa shape index (κ3) is 4.10. The zero-order valence-corrected chi connectivity index (χ0v) is 14.3. The van der Waals surface area contributed by atoms with E-state index in [0.29, 0.717) is 23.3 Å². The smallest absolute Gasteiger partial charge is 0.181 e. The molecule has 1 aromatic heterocycles. The van der Waals surface area contributed by atoms with Crippen LogP contribution in [0.2, 0.25) is 5.02 Å². The molecule has 2 heterocycles. The summed E-state index contributed by atoms with van der Waals surface area (Å²) in [7, 11) is 0. The molecular formula is C17H23ClN4O. The third-order valence-electron chi connectivity index (χ3n) is 4.04. The second-order valence-corrected chi connectivity index (χ2v) is 7.23. The number of nitrogens with zero attached hydrogens (tertiary/aromatic N) is 3. The largest absolute Gasteiger partial charge is 0.389 e. The van der Waals surface area contributed by atoms with Gasteiger partial charge in [-0.15, -0.1) is 0 Å². The molecule has 0 bridgehead atoms. The van der Waals surface area contributed by atoms with Gasteiger partial charge in [0.05, 0.1) is 12.1 Å². The minimum absolute atomic E-state index is 0.382. The van der Waals surface area contributed by atoms with Crippen molar-refractivity contribution in [2.24, 2.45) is 0 Å². The Hall–Kier alpha value is -1.43. The van der Waals surface area contributed by atoms with Crippen LogP contribution in [-0.2, 0) is 6.54 Å². The Bertz CT molecular complexity index is 654. The minimum atomic E-state index is -0.827. The lowest BCUT2D eigenvalue weighted by atomic mass is 9.97. The summed E-state index contributed by atoms with van der Waals surface area (Å²) in [5.41, 5.74) is 0.117. The first-order valence-electron chi connectivity index (χ1n) is 8.06. The molecule has 5 nitrogen and oxygen atoms in total. The number of aromatic nitrogens is 3. The van der Waals surface area contributed by atoms with Crippen LogP contribution in [0.1, 0.15) is 38.4 Å². The van der Waals surface area contributed by atoms with Crippen molar-refractivity contribution in [3.63, 3.8) is 0 Å². The summed E-state index contributed by atoms with van der Waals surface area (Å²) < 4.78 is 1.87. The van der Waals surface area contributed by atoms with E-state index < -0.39 is 5.60 Å². The lowest BCUT2D eigenvalue weighted by Crippen LogP contribution is -2.31. The van der Waals surface area contributed by atoms with E-state index in [0.717, 1.165) is 37.3 Å². The van der Waals surface area contributed by atoms with Gasteiger partial charge in [0.2, 0.25) is 0 Å². The summed E-state index contributed by atoms with van der Waals surface area (Å²) in [6.45, 7) is 6.02. The molecule has 0 atom stereocenters. The first-order valence-corrected chi connectivity index (χ1v) is 8.44. The van der Waals surface area contributed by atoms with Crippen molar-refractivity contribution in [2.45, 2.75) is 44.8 Å². The van der Waals surface area contributed by atoms with Gasteiger partial charge in [0.1, 0.15) is 5.82 Å². The highest BCUT2D eigenvalue weighted by Crippen LogP contribution is 2.27. The first-order chi connectivity index (χ1) is 10.9. The van der Waals surface area contributed by atoms with Crippen molar-refractivity contribution in [2.75, 3.05) is 13.1 Å². The van der Waals surface area contributed by atoms with E-state index in [4.69, 9.17) is 16.6 Å². The topological polar surface area (TPSA) is 63.0 Å². The number of rotatable bonds is 4. The Morgan fingerprint density at radius 1 is 1.26 bits per heavy atom. The van der Waals surface area contributed by atoms with Crippen molar-refractivity contribution in [1.82, 2.24) is 20.1 Å². The lowest BCUT2D eigenvalue weighted by molar-refractivity contribution is 0.0561. The molecule has 2 N–H and O–H groups in total. The van der Waals surface area contributed by atoms with Crippen molar-refractivity contribution in [3.8, 4) is 11.4 Å². The standard InChI is InChI=1S/C17H23ClN4O/c1-17(2,23)11-22-16(13-7-9-19-10-8-13)20-15(21-22)12-3-5-14(18)6-4-12/h3-6,13,19,23H,7-11H2,1-2H3. The van der Waals surface area contributed by atoms with Crippen LogP contribution in [0, 0.1) is 0 Å². The van der Waals surface area contributed by atoms with Crippen molar-refractivity contribution < 1.29 is 5.11 Å². The van der Waals surface area contributed by atoms with E-state index in [1.807, 2.05) is 28.9 Å². The Labute approximate surface area is 141 Å². The fourth-order valence-corrected chi connectivity index (χ4v) is 3.07. The first kappa shape index (κ1) is 16.4. The van der Waals surface area contributed by atoms with Crippen LogP contribution in [0.5, 0.6) is 0 Å². The molecule has 1 fully saturated rings. The van der Waals surface area contributed by atoms with Crippen molar-refractivity contribution in [3.05, 3.63) is 35.1 Å². The number of aliphatic hydroxyl groups is 1. The molecule has 0 unspecified atom stereocenters. The van der Waals surface area contributed by atoms with E-state index in [1.54, 1.807) is 13.8 Å². The van der Waals surface area contributed by atoms with E-state index in [2.05, 4.69) is 10.4 Å². The van der Waals surface area contributed by atoms with Crippen molar-refractivity contribution >= 4 is 11.6 Å². The molecule has 1 saturated heterocycles. The molecule has 2 aromatic rings. The number of piperidine rings is 1. The molecule has 0 amide bonds. The monoisotopic (exact) mass is 334 g/mol. The molecule has 1 aliphatic rings. The van der Waals surface area contributed by atoms with E-state index in [9.17, 15) is 5.11 Å². The van der Waals surface area contributed by atoms with Crippen LogP contribution in [-0.4, -0.2) is 38.6 Å². The van der Waals surface area contributed by atoms with Gasteiger partial charge in [-0.2, -0.15) is 5.10 Å². The maximum Gasteiger partial charge on any atom is 0.181 e. The third-order valence-corrected chi connectivity index (χ3v) is 4.30. The molecule has 0 spiro atoms. The predicted molar refractivity (Wildman–Crippen MR) is 91.6 cm³/mol. The molecule has 3 rings (SSSR count). The molecule has 6 heteroatoms. The number of benzene rings is 1. The molecule has 23 heavy (non-hydrogen) atoms. The second kappa shape index (κ2) is 6.59. The van der Waals surface area contributed by atoms with E-state index >= 15 is 0 Å². The molecule has 0 aliphatic carbocycles. The highest BCUT2D eigenvalue weighted by Gasteiger charge is 2.25. The summed E-state index contributed by atoms with van der Waals surface area (Å²) in [4.78, 5) is 4.79. The van der Waals surface area contributed by atoms with Crippen molar-refractivity contribution in [1.29, 1.82) is 0 Å². The van der Waals surface area contributed by atoms with Gasteiger partial charge in [-0.05, 0) is 64.0 Å². The van der Waals surface area contributed by atoms with Gasteiger partial charge in [0, 0.05) is 16.5 Å². The summed E-state index contributed by atoms with van der Waals surface area (Å²) in [6, 6.07) is 7.55. The maximum absolute atomic E-state index is 10.2. The summed E-state index contributed by atoms with van der Waals surface area (Å²) >= 11 is 5.96. The molecule has 0 saturated carbocycles. The average molecular weight is 335 g/mol. The number of hydrogen-bond donors (Lipinski definition) is 2. The van der Waals surface area contributed by atoms with Crippen LogP contribution in [0.15, 0.2) is 24.3 Å². The Kier molecular flexibility index (Phi) is 4.71. The average Bonchev–Trinajstić information content (AvgIpc) is 2.90. The fourth-order valence-electron chi connectivity index (χ4n) is 2.94.